The third-order valence-electron chi connectivity index (χ3n) is 6.42. The second-order valence-corrected chi connectivity index (χ2v) is 8.60. The number of nitrogens with zero attached hydrogens (tertiary/aromatic N) is 3. The molecule has 0 aromatic heterocycles. The number of hydrogen-bond donors (Lipinski definition) is 1. The molecule has 2 aliphatic heterocycles. The van der Waals surface area contributed by atoms with Gasteiger partial charge in [0.2, 0.25) is 0 Å². The van der Waals surface area contributed by atoms with Crippen molar-refractivity contribution in [3.63, 3.8) is 0 Å². The van der Waals surface area contributed by atoms with Crippen molar-refractivity contribution in [1.82, 2.24) is 14.7 Å². The number of benzene rings is 2. The van der Waals surface area contributed by atoms with Gasteiger partial charge in [-0.05, 0) is 31.0 Å². The molecule has 0 aliphatic carbocycles. The summed E-state index contributed by atoms with van der Waals surface area (Å²) in [7, 11) is 1.59. The molecule has 2 aromatic rings. The Labute approximate surface area is 194 Å². The van der Waals surface area contributed by atoms with Gasteiger partial charge in [-0.2, -0.15) is 0 Å². The van der Waals surface area contributed by atoms with Crippen molar-refractivity contribution in [2.75, 3.05) is 46.4 Å². The first-order chi connectivity index (χ1) is 15.9. The minimum atomic E-state index is -0.273. The topological polar surface area (TPSA) is 73.3 Å². The number of hydrogen-bond acceptors (Lipinski definition) is 6. The van der Waals surface area contributed by atoms with Crippen LogP contribution in [0.3, 0.4) is 0 Å². The third-order valence-corrected chi connectivity index (χ3v) is 6.42. The Hall–Kier alpha value is -3.16. The molecule has 0 bridgehead atoms. The number of piperazine rings is 1. The quantitative estimate of drug-likeness (QED) is 0.654. The van der Waals surface area contributed by atoms with Gasteiger partial charge in [0.1, 0.15) is 11.4 Å². The summed E-state index contributed by atoms with van der Waals surface area (Å²) in [6, 6.07) is 13.4. The summed E-state index contributed by atoms with van der Waals surface area (Å²) in [6.45, 7) is 7.61. The first-order valence-electron chi connectivity index (χ1n) is 11.3. The summed E-state index contributed by atoms with van der Waals surface area (Å²) in [5.41, 5.74) is 4.62. The second-order valence-electron chi connectivity index (χ2n) is 8.60. The first kappa shape index (κ1) is 23.0. The Morgan fingerprint density at radius 3 is 2.36 bits per heavy atom. The first-order valence-corrected chi connectivity index (χ1v) is 11.3. The van der Waals surface area contributed by atoms with Crippen molar-refractivity contribution in [1.29, 1.82) is 0 Å². The highest BCUT2D eigenvalue weighted by atomic mass is 16.5. The maximum absolute atomic E-state index is 13.7. The fraction of sp³-hybridized carbons (Fsp3) is 0.385. The third kappa shape index (κ3) is 4.51. The molecule has 2 aliphatic rings. The van der Waals surface area contributed by atoms with Crippen molar-refractivity contribution in [3.8, 4) is 5.75 Å². The van der Waals surface area contributed by atoms with Gasteiger partial charge in [0.05, 0.1) is 25.8 Å². The molecule has 7 nitrogen and oxygen atoms in total. The number of carbonyl (C=O) groups excluding carboxylic acids is 2. The van der Waals surface area contributed by atoms with Crippen LogP contribution in [-0.4, -0.2) is 78.1 Å². The van der Waals surface area contributed by atoms with Crippen LogP contribution in [0.2, 0.25) is 0 Å². The Balaban J connectivity index is 1.72. The van der Waals surface area contributed by atoms with E-state index in [1.807, 2.05) is 61.2 Å². The van der Waals surface area contributed by atoms with Gasteiger partial charge in [-0.3, -0.25) is 19.4 Å². The van der Waals surface area contributed by atoms with Gasteiger partial charge >= 0.3 is 0 Å². The lowest BCUT2D eigenvalue weighted by Crippen LogP contribution is -2.48. The van der Waals surface area contributed by atoms with Crippen molar-refractivity contribution < 1.29 is 19.4 Å². The number of aliphatic hydroxyl groups excluding tert-OH is 1. The van der Waals surface area contributed by atoms with Gasteiger partial charge in [0.15, 0.2) is 0 Å². The van der Waals surface area contributed by atoms with Crippen LogP contribution in [0.4, 0.5) is 0 Å². The van der Waals surface area contributed by atoms with Gasteiger partial charge in [0, 0.05) is 38.3 Å². The zero-order chi connectivity index (χ0) is 23.5. The van der Waals surface area contributed by atoms with E-state index in [0.29, 0.717) is 36.7 Å². The van der Waals surface area contributed by atoms with Crippen LogP contribution in [0.25, 0.3) is 5.57 Å². The Morgan fingerprint density at radius 2 is 1.70 bits per heavy atom. The number of ether oxygens (including phenoxy) is 1. The molecule has 1 saturated heterocycles. The predicted molar refractivity (Wildman–Crippen MR) is 126 cm³/mol. The molecular weight excluding hydrogens is 418 g/mol. The van der Waals surface area contributed by atoms with Gasteiger partial charge in [-0.15, -0.1) is 0 Å². The number of carbonyl (C=O) groups is 2. The van der Waals surface area contributed by atoms with Crippen molar-refractivity contribution >= 4 is 17.4 Å². The molecule has 1 fully saturated rings. The molecule has 7 heteroatoms. The van der Waals surface area contributed by atoms with Crippen molar-refractivity contribution in [3.05, 3.63) is 70.4 Å². The molecule has 2 aromatic carbocycles. The lowest BCUT2D eigenvalue weighted by atomic mass is 9.97. The molecule has 2 heterocycles. The zero-order valence-electron chi connectivity index (χ0n) is 19.5. The van der Waals surface area contributed by atoms with Gasteiger partial charge in [0.25, 0.3) is 11.8 Å². The Kier molecular flexibility index (Phi) is 6.81. The van der Waals surface area contributed by atoms with Gasteiger partial charge in [-0.1, -0.05) is 42.0 Å². The summed E-state index contributed by atoms with van der Waals surface area (Å²) >= 11 is 0. The van der Waals surface area contributed by atoms with Crippen LogP contribution in [0.15, 0.2) is 48.2 Å². The van der Waals surface area contributed by atoms with Gasteiger partial charge in [-0.25, -0.2) is 0 Å². The number of aryl methyl sites for hydroxylation is 2. The molecular formula is C26H31N3O4. The molecule has 174 valence electrons. The fourth-order valence-electron chi connectivity index (χ4n) is 4.68. The largest absolute Gasteiger partial charge is 0.496 e. The minimum absolute atomic E-state index is 0.112. The van der Waals surface area contributed by atoms with E-state index in [0.717, 1.165) is 35.3 Å². The average Bonchev–Trinajstić information content (AvgIpc) is 3.05. The molecule has 4 rings (SSSR count). The number of amides is 2. The number of methoxy groups -OCH3 is 1. The van der Waals surface area contributed by atoms with Crippen LogP contribution in [0.1, 0.15) is 22.3 Å². The van der Waals surface area contributed by atoms with Crippen LogP contribution < -0.4 is 4.74 Å². The average molecular weight is 450 g/mol. The van der Waals surface area contributed by atoms with E-state index < -0.39 is 0 Å². The molecule has 1 N–H and O–H groups in total. The highest BCUT2D eigenvalue weighted by Crippen LogP contribution is 2.35. The Morgan fingerprint density at radius 1 is 0.970 bits per heavy atom. The van der Waals surface area contributed by atoms with Crippen LogP contribution in [-0.2, 0) is 16.1 Å². The fourth-order valence-corrected chi connectivity index (χ4v) is 4.68. The maximum Gasteiger partial charge on any atom is 0.278 e. The summed E-state index contributed by atoms with van der Waals surface area (Å²) in [5, 5.41) is 9.25. The van der Waals surface area contributed by atoms with E-state index in [-0.39, 0.29) is 25.0 Å². The normalized spacial score (nSPS) is 17.3. The van der Waals surface area contributed by atoms with E-state index in [4.69, 9.17) is 4.74 Å². The number of rotatable bonds is 7. The van der Waals surface area contributed by atoms with E-state index in [2.05, 4.69) is 4.90 Å². The lowest BCUT2D eigenvalue weighted by Gasteiger charge is -2.36. The molecule has 0 saturated carbocycles. The van der Waals surface area contributed by atoms with Crippen LogP contribution in [0.5, 0.6) is 5.75 Å². The number of para-hydroxylation sites is 1. The monoisotopic (exact) mass is 449 g/mol. The van der Waals surface area contributed by atoms with Crippen molar-refractivity contribution in [2.24, 2.45) is 0 Å². The minimum Gasteiger partial charge on any atom is -0.496 e. The van der Waals surface area contributed by atoms with E-state index in [1.54, 1.807) is 7.11 Å². The lowest BCUT2D eigenvalue weighted by molar-refractivity contribution is -0.138. The molecule has 0 radical (unpaired) electrons. The number of β-amino-alcohol motifs (C(OH)–C–C–N with tert-alkyl or cyclic N) is 1. The van der Waals surface area contributed by atoms with Crippen LogP contribution >= 0.6 is 0 Å². The highest BCUT2D eigenvalue weighted by Gasteiger charge is 2.42. The second kappa shape index (κ2) is 9.77. The highest BCUT2D eigenvalue weighted by molar-refractivity contribution is 6.35. The van der Waals surface area contributed by atoms with Crippen LogP contribution in [0, 0.1) is 13.8 Å². The van der Waals surface area contributed by atoms with E-state index in [9.17, 15) is 14.7 Å². The molecule has 2 amide bonds. The summed E-state index contributed by atoms with van der Waals surface area (Å²) in [6.07, 6.45) is 0. The van der Waals surface area contributed by atoms with Crippen molar-refractivity contribution in [2.45, 2.75) is 20.4 Å². The van der Waals surface area contributed by atoms with E-state index >= 15 is 0 Å². The zero-order valence-corrected chi connectivity index (χ0v) is 19.5. The predicted octanol–water partition coefficient (Wildman–Crippen LogP) is 2.20. The molecule has 0 unspecified atom stereocenters. The van der Waals surface area contributed by atoms with E-state index in [1.165, 1.54) is 4.90 Å². The standard InChI is InChI=1S/C26H31N3O4/c1-18-8-9-21(19(2)16-18)23-24(28-12-10-27(11-13-28)14-15-30)26(32)29(25(23)31)17-20-6-4-5-7-22(20)33-3/h4-9,16,30H,10-15,17H2,1-3H3. The number of imide groups is 1. The molecule has 0 atom stereocenters. The SMILES string of the molecule is COc1ccccc1CN1C(=O)C(c2ccc(C)cc2C)=C(N2CCN(CCO)CC2)C1=O. The Bertz CT molecular complexity index is 1090. The van der Waals surface area contributed by atoms with Gasteiger partial charge < -0.3 is 14.7 Å². The summed E-state index contributed by atoms with van der Waals surface area (Å²) in [4.78, 5) is 32.9. The molecule has 33 heavy (non-hydrogen) atoms. The summed E-state index contributed by atoms with van der Waals surface area (Å²) in [5.74, 6) is 0.111. The maximum atomic E-state index is 13.7. The number of aliphatic hydroxyl groups is 1. The smallest absolute Gasteiger partial charge is 0.278 e. The molecule has 0 spiro atoms. The summed E-state index contributed by atoms with van der Waals surface area (Å²) < 4.78 is 5.45.